The van der Waals surface area contributed by atoms with Crippen LogP contribution in [0.4, 0.5) is 11.5 Å². The summed E-state index contributed by atoms with van der Waals surface area (Å²) in [6.45, 7) is 1.67. The summed E-state index contributed by atoms with van der Waals surface area (Å²) in [4.78, 5) is 33.9. The van der Waals surface area contributed by atoms with E-state index in [0.29, 0.717) is 16.9 Å². The second-order valence-corrected chi connectivity index (χ2v) is 8.16. The van der Waals surface area contributed by atoms with Crippen molar-refractivity contribution in [2.75, 3.05) is 31.2 Å². The Labute approximate surface area is 198 Å². The number of amides is 2. The quantitative estimate of drug-likeness (QED) is 0.426. The Morgan fingerprint density at radius 2 is 2.03 bits per heavy atom. The lowest BCUT2D eigenvalue weighted by molar-refractivity contribution is -0.115. The molecule has 2 amide bonds. The minimum atomic E-state index is -0.343. The van der Waals surface area contributed by atoms with E-state index in [1.54, 1.807) is 19.2 Å². The molecule has 0 aliphatic carbocycles. The maximum Gasteiger partial charge on any atom is 0.274 e. The zero-order chi connectivity index (χ0) is 23.9. The topological polar surface area (TPSA) is 131 Å². The van der Waals surface area contributed by atoms with Gasteiger partial charge in [0.25, 0.3) is 5.91 Å². The number of nitrogen functional groups attached to an aromatic ring is 1. The van der Waals surface area contributed by atoms with E-state index < -0.39 is 0 Å². The SMILES string of the molecule is COc1ccc(CC(=O)Nc2cccc(-c3cnc(N)c(C(=O)NC4CCCNC4)n3)c2)cc1. The van der Waals surface area contributed by atoms with Gasteiger partial charge in [0.05, 0.1) is 25.4 Å². The number of hydrogen-bond donors (Lipinski definition) is 4. The van der Waals surface area contributed by atoms with Crippen molar-refractivity contribution >= 4 is 23.3 Å². The van der Waals surface area contributed by atoms with Crippen LogP contribution in [0.25, 0.3) is 11.3 Å². The van der Waals surface area contributed by atoms with E-state index in [1.165, 1.54) is 6.20 Å². The van der Waals surface area contributed by atoms with E-state index in [2.05, 4.69) is 25.9 Å². The highest BCUT2D eigenvalue weighted by molar-refractivity contribution is 5.97. The number of aromatic nitrogens is 2. The Morgan fingerprint density at radius 3 is 2.76 bits per heavy atom. The molecule has 5 N–H and O–H groups in total. The van der Waals surface area contributed by atoms with Crippen molar-refractivity contribution in [3.63, 3.8) is 0 Å². The van der Waals surface area contributed by atoms with E-state index >= 15 is 0 Å². The summed E-state index contributed by atoms with van der Waals surface area (Å²) in [5.41, 5.74) is 8.74. The number of ether oxygens (including phenoxy) is 1. The van der Waals surface area contributed by atoms with E-state index in [9.17, 15) is 9.59 Å². The molecule has 1 saturated heterocycles. The first-order valence-electron chi connectivity index (χ1n) is 11.2. The van der Waals surface area contributed by atoms with E-state index in [0.717, 1.165) is 37.2 Å². The van der Waals surface area contributed by atoms with Crippen LogP contribution in [0.3, 0.4) is 0 Å². The molecule has 3 aromatic rings. The lowest BCUT2D eigenvalue weighted by Gasteiger charge is -2.23. The van der Waals surface area contributed by atoms with Gasteiger partial charge in [-0.1, -0.05) is 24.3 Å². The van der Waals surface area contributed by atoms with Crippen molar-refractivity contribution in [3.05, 3.63) is 66.0 Å². The molecular weight excluding hydrogens is 432 g/mol. The van der Waals surface area contributed by atoms with E-state index in [1.807, 2.05) is 36.4 Å². The molecule has 34 heavy (non-hydrogen) atoms. The minimum absolute atomic E-state index is 0.0374. The number of methoxy groups -OCH3 is 1. The van der Waals surface area contributed by atoms with Gasteiger partial charge in [0.2, 0.25) is 5.91 Å². The largest absolute Gasteiger partial charge is 0.497 e. The summed E-state index contributed by atoms with van der Waals surface area (Å²) in [5, 5.41) is 9.14. The first-order chi connectivity index (χ1) is 16.5. The fourth-order valence-electron chi connectivity index (χ4n) is 3.82. The molecule has 1 aliphatic rings. The molecule has 0 bridgehead atoms. The van der Waals surface area contributed by atoms with Crippen LogP contribution in [-0.2, 0) is 11.2 Å². The van der Waals surface area contributed by atoms with Gasteiger partial charge in [-0.05, 0) is 49.2 Å². The number of nitrogens with zero attached hydrogens (tertiary/aromatic N) is 2. The Bertz CT molecular complexity index is 1160. The standard InChI is InChI=1S/C25H28N6O3/c1-34-20-9-7-16(8-10-20)12-22(32)29-18-5-2-4-17(13-18)21-15-28-24(26)23(31-21)25(33)30-19-6-3-11-27-14-19/h2,4-5,7-10,13,15,19,27H,3,6,11-12,14H2,1H3,(H2,26,28)(H,29,32)(H,30,33). The zero-order valence-corrected chi connectivity index (χ0v) is 19.0. The molecule has 1 atom stereocenters. The third kappa shape index (κ3) is 5.87. The number of anilines is 2. The van der Waals surface area contributed by atoms with E-state index in [-0.39, 0.29) is 35.8 Å². The molecule has 4 rings (SSSR count). The number of nitrogens with one attached hydrogen (secondary N) is 3. The first-order valence-corrected chi connectivity index (χ1v) is 11.2. The molecule has 2 aromatic carbocycles. The number of piperidine rings is 1. The number of rotatable bonds is 7. The third-order valence-electron chi connectivity index (χ3n) is 5.61. The highest BCUT2D eigenvalue weighted by Crippen LogP contribution is 2.22. The molecule has 9 nitrogen and oxygen atoms in total. The molecule has 9 heteroatoms. The van der Waals surface area contributed by atoms with Gasteiger partial charge in [-0.2, -0.15) is 0 Å². The Hall–Kier alpha value is -3.98. The number of carbonyl (C=O) groups is 2. The molecule has 0 saturated carbocycles. The van der Waals surface area contributed by atoms with Crippen LogP contribution in [0.15, 0.2) is 54.7 Å². The van der Waals surface area contributed by atoms with Crippen molar-refractivity contribution < 1.29 is 14.3 Å². The normalized spacial score (nSPS) is 15.4. The highest BCUT2D eigenvalue weighted by Gasteiger charge is 2.20. The van der Waals surface area contributed by atoms with Gasteiger partial charge in [0.1, 0.15) is 5.75 Å². The number of benzene rings is 2. The maximum atomic E-state index is 12.8. The van der Waals surface area contributed by atoms with E-state index in [4.69, 9.17) is 10.5 Å². The van der Waals surface area contributed by atoms with Crippen LogP contribution < -0.4 is 26.4 Å². The molecule has 1 aliphatic heterocycles. The van der Waals surface area contributed by atoms with Crippen molar-refractivity contribution in [1.29, 1.82) is 0 Å². The predicted molar refractivity (Wildman–Crippen MR) is 131 cm³/mol. The number of hydrogen-bond acceptors (Lipinski definition) is 7. The molecule has 0 spiro atoms. The van der Waals surface area contributed by atoms with Crippen LogP contribution in [0.1, 0.15) is 28.9 Å². The third-order valence-corrected chi connectivity index (χ3v) is 5.61. The summed E-state index contributed by atoms with van der Waals surface area (Å²) in [6.07, 6.45) is 3.66. The molecule has 176 valence electrons. The highest BCUT2D eigenvalue weighted by atomic mass is 16.5. The van der Waals surface area contributed by atoms with Gasteiger partial charge in [0.15, 0.2) is 11.5 Å². The maximum absolute atomic E-state index is 12.8. The Kier molecular flexibility index (Phi) is 7.34. The zero-order valence-electron chi connectivity index (χ0n) is 19.0. The van der Waals surface area contributed by atoms with Gasteiger partial charge < -0.3 is 26.4 Å². The smallest absolute Gasteiger partial charge is 0.274 e. The second kappa shape index (κ2) is 10.8. The average Bonchev–Trinajstić information content (AvgIpc) is 2.85. The van der Waals surface area contributed by atoms with Gasteiger partial charge in [-0.25, -0.2) is 9.97 Å². The first kappa shape index (κ1) is 23.2. The van der Waals surface area contributed by atoms with Crippen molar-refractivity contribution in [2.24, 2.45) is 0 Å². The molecule has 0 radical (unpaired) electrons. The Morgan fingerprint density at radius 1 is 1.21 bits per heavy atom. The fraction of sp³-hybridized carbons (Fsp3) is 0.280. The van der Waals surface area contributed by atoms with Crippen LogP contribution in [0.2, 0.25) is 0 Å². The van der Waals surface area contributed by atoms with Crippen LogP contribution in [0, 0.1) is 0 Å². The molecule has 1 aromatic heterocycles. The van der Waals surface area contributed by atoms with Crippen molar-refractivity contribution in [3.8, 4) is 17.0 Å². The molecule has 1 fully saturated rings. The van der Waals surface area contributed by atoms with Gasteiger partial charge in [-0.15, -0.1) is 0 Å². The summed E-state index contributed by atoms with van der Waals surface area (Å²) >= 11 is 0. The molecule has 2 heterocycles. The van der Waals surface area contributed by atoms with Gasteiger partial charge >= 0.3 is 0 Å². The number of carbonyl (C=O) groups excluding carboxylic acids is 2. The summed E-state index contributed by atoms with van der Waals surface area (Å²) in [5.74, 6) is 0.329. The van der Waals surface area contributed by atoms with Gasteiger partial charge in [0, 0.05) is 23.8 Å². The monoisotopic (exact) mass is 460 g/mol. The lowest BCUT2D eigenvalue weighted by atomic mass is 10.1. The number of nitrogens with two attached hydrogens (primary N) is 1. The lowest BCUT2D eigenvalue weighted by Crippen LogP contribution is -2.46. The van der Waals surface area contributed by atoms with Crippen LogP contribution in [0.5, 0.6) is 5.75 Å². The van der Waals surface area contributed by atoms with Crippen LogP contribution >= 0.6 is 0 Å². The average molecular weight is 461 g/mol. The van der Waals surface area contributed by atoms with Gasteiger partial charge in [-0.3, -0.25) is 9.59 Å². The molecule has 1 unspecified atom stereocenters. The summed E-state index contributed by atoms with van der Waals surface area (Å²) < 4.78 is 5.15. The van der Waals surface area contributed by atoms with Crippen molar-refractivity contribution in [1.82, 2.24) is 20.6 Å². The fourth-order valence-corrected chi connectivity index (χ4v) is 3.82. The predicted octanol–water partition coefficient (Wildman–Crippen LogP) is 2.40. The van der Waals surface area contributed by atoms with Crippen molar-refractivity contribution in [2.45, 2.75) is 25.3 Å². The second-order valence-electron chi connectivity index (χ2n) is 8.16. The Balaban J connectivity index is 1.45. The summed E-state index contributed by atoms with van der Waals surface area (Å²) in [6, 6.07) is 14.6. The van der Waals surface area contributed by atoms with Crippen LogP contribution in [-0.4, -0.2) is 48.0 Å². The molecular formula is C25H28N6O3. The minimum Gasteiger partial charge on any atom is -0.497 e. The summed E-state index contributed by atoms with van der Waals surface area (Å²) in [7, 11) is 1.60.